The van der Waals surface area contributed by atoms with E-state index in [0.29, 0.717) is 13.1 Å². The Hall–Kier alpha value is -0.880. The Labute approximate surface area is 64.1 Å². The number of rotatable bonds is 0. The highest BCUT2D eigenvalue weighted by Gasteiger charge is 2.23. The van der Waals surface area contributed by atoms with E-state index >= 15 is 0 Å². The van der Waals surface area contributed by atoms with Crippen molar-refractivity contribution in [3.8, 4) is 0 Å². The van der Waals surface area contributed by atoms with Gasteiger partial charge in [0.05, 0.1) is 0 Å². The maximum atomic E-state index is 11.1. The molecule has 60 valence electrons. The summed E-state index contributed by atoms with van der Waals surface area (Å²) in [5, 5.41) is 0.115. The molecule has 0 aliphatic carbocycles. The molecule has 11 heavy (non-hydrogen) atoms. The summed E-state index contributed by atoms with van der Waals surface area (Å²) in [6, 6.07) is 0. The molecule has 0 saturated heterocycles. The Bertz CT molecular complexity index is 367. The molecule has 0 saturated carbocycles. The van der Waals surface area contributed by atoms with Gasteiger partial charge in [-0.25, -0.2) is 18.1 Å². The van der Waals surface area contributed by atoms with Gasteiger partial charge in [-0.3, -0.25) is 0 Å². The van der Waals surface area contributed by atoms with Crippen molar-refractivity contribution in [2.24, 2.45) is 0 Å². The predicted octanol–water partition coefficient (Wildman–Crippen LogP) is -0.825. The quantitative estimate of drug-likeness (QED) is 0.557. The summed E-state index contributed by atoms with van der Waals surface area (Å²) in [5.74, 6) is 0. The van der Waals surface area contributed by atoms with Crippen molar-refractivity contribution in [1.29, 1.82) is 0 Å². The lowest BCUT2D eigenvalue weighted by Gasteiger charge is -2.14. The van der Waals surface area contributed by atoms with Gasteiger partial charge in [-0.05, 0) is 0 Å². The first-order valence-electron chi connectivity index (χ1n) is 3.21. The van der Waals surface area contributed by atoms with E-state index in [0.717, 1.165) is 0 Å². The van der Waals surface area contributed by atoms with E-state index in [-0.39, 0.29) is 5.16 Å². The van der Waals surface area contributed by atoms with Crippen LogP contribution in [0.1, 0.15) is 0 Å². The minimum Gasteiger partial charge on any atom is -0.319 e. The van der Waals surface area contributed by atoms with Crippen LogP contribution in [-0.2, 0) is 16.6 Å². The smallest absolute Gasteiger partial charge is 0.274 e. The SMILES string of the molecule is O=S1(=O)NCCn2ccnc21. The molecule has 0 amide bonds. The van der Waals surface area contributed by atoms with Gasteiger partial charge in [-0.1, -0.05) is 0 Å². The molecule has 0 spiro atoms. The van der Waals surface area contributed by atoms with E-state index in [1.165, 1.54) is 6.20 Å². The number of fused-ring (bicyclic) bond motifs is 1. The molecule has 1 aromatic rings. The van der Waals surface area contributed by atoms with Crippen molar-refractivity contribution in [2.45, 2.75) is 11.7 Å². The van der Waals surface area contributed by atoms with Crippen LogP contribution >= 0.6 is 0 Å². The number of nitrogens with one attached hydrogen (secondary N) is 1. The number of imidazole rings is 1. The molecule has 2 heterocycles. The molecule has 0 bridgehead atoms. The molecular weight excluding hydrogens is 166 g/mol. The zero-order valence-corrected chi connectivity index (χ0v) is 6.50. The van der Waals surface area contributed by atoms with Crippen LogP contribution in [0.3, 0.4) is 0 Å². The van der Waals surface area contributed by atoms with Crippen molar-refractivity contribution < 1.29 is 8.42 Å². The summed E-state index contributed by atoms with van der Waals surface area (Å²) >= 11 is 0. The van der Waals surface area contributed by atoms with Crippen molar-refractivity contribution in [1.82, 2.24) is 14.3 Å². The van der Waals surface area contributed by atoms with E-state index < -0.39 is 10.0 Å². The highest BCUT2D eigenvalue weighted by atomic mass is 32.2. The summed E-state index contributed by atoms with van der Waals surface area (Å²) in [5.41, 5.74) is 0. The number of sulfonamides is 1. The van der Waals surface area contributed by atoms with Crippen LogP contribution in [0.4, 0.5) is 0 Å². The Morgan fingerprint density at radius 2 is 2.45 bits per heavy atom. The van der Waals surface area contributed by atoms with Crippen LogP contribution in [0, 0.1) is 0 Å². The molecular formula is C5H7N3O2S. The average molecular weight is 173 g/mol. The van der Waals surface area contributed by atoms with Gasteiger partial charge >= 0.3 is 0 Å². The first-order valence-corrected chi connectivity index (χ1v) is 4.69. The number of aromatic nitrogens is 2. The first-order chi connectivity index (χ1) is 5.20. The van der Waals surface area contributed by atoms with Gasteiger partial charge in [-0.2, -0.15) is 0 Å². The van der Waals surface area contributed by atoms with E-state index in [1.54, 1.807) is 10.8 Å². The van der Waals surface area contributed by atoms with E-state index in [2.05, 4.69) is 9.71 Å². The highest BCUT2D eigenvalue weighted by molar-refractivity contribution is 7.89. The molecule has 0 atom stereocenters. The fourth-order valence-corrected chi connectivity index (χ4v) is 2.22. The molecule has 1 aromatic heterocycles. The van der Waals surface area contributed by atoms with Gasteiger partial charge in [0.15, 0.2) is 0 Å². The number of hydrogen-bond donors (Lipinski definition) is 1. The van der Waals surface area contributed by atoms with Crippen molar-refractivity contribution >= 4 is 10.0 Å². The van der Waals surface area contributed by atoms with Gasteiger partial charge in [0.2, 0.25) is 5.16 Å². The first kappa shape index (κ1) is 6.81. The summed E-state index contributed by atoms with van der Waals surface area (Å²) in [6.07, 6.45) is 3.15. The maximum absolute atomic E-state index is 11.1. The van der Waals surface area contributed by atoms with E-state index in [9.17, 15) is 8.42 Å². The molecule has 0 unspecified atom stereocenters. The topological polar surface area (TPSA) is 64.0 Å². The van der Waals surface area contributed by atoms with Crippen LogP contribution in [-0.4, -0.2) is 24.5 Å². The van der Waals surface area contributed by atoms with Crippen molar-refractivity contribution in [3.05, 3.63) is 12.4 Å². The Kier molecular flexibility index (Phi) is 1.27. The van der Waals surface area contributed by atoms with Crippen LogP contribution in [0.5, 0.6) is 0 Å². The normalized spacial score (nSPS) is 21.1. The molecule has 6 heteroatoms. The fraction of sp³-hybridized carbons (Fsp3) is 0.400. The Morgan fingerprint density at radius 3 is 3.18 bits per heavy atom. The third kappa shape index (κ3) is 0.945. The third-order valence-electron chi connectivity index (χ3n) is 1.56. The zero-order valence-electron chi connectivity index (χ0n) is 5.69. The third-order valence-corrected chi connectivity index (χ3v) is 2.97. The van der Waals surface area contributed by atoms with Gasteiger partial charge < -0.3 is 4.57 Å². The van der Waals surface area contributed by atoms with Crippen LogP contribution in [0.25, 0.3) is 0 Å². The summed E-state index contributed by atoms with van der Waals surface area (Å²) in [6.45, 7) is 1.11. The van der Waals surface area contributed by atoms with Crippen LogP contribution < -0.4 is 4.72 Å². The second kappa shape index (κ2) is 2.05. The standard InChI is InChI=1S/C5H7N3O2S/c9-11(10)5-6-1-3-8(5)4-2-7-11/h1,3,7H,2,4H2. The molecule has 0 aromatic carbocycles. The van der Waals surface area contributed by atoms with Gasteiger partial charge in [0.25, 0.3) is 10.0 Å². The second-order valence-corrected chi connectivity index (χ2v) is 3.96. The fourth-order valence-electron chi connectivity index (χ4n) is 1.07. The van der Waals surface area contributed by atoms with Gasteiger partial charge in [-0.15, -0.1) is 0 Å². The van der Waals surface area contributed by atoms with E-state index in [4.69, 9.17) is 0 Å². The van der Waals surface area contributed by atoms with Crippen LogP contribution in [0.15, 0.2) is 17.6 Å². The predicted molar refractivity (Wildman–Crippen MR) is 37.4 cm³/mol. The van der Waals surface area contributed by atoms with Crippen LogP contribution in [0.2, 0.25) is 0 Å². The molecule has 2 rings (SSSR count). The second-order valence-electron chi connectivity index (χ2n) is 2.30. The average Bonchev–Trinajstić information content (AvgIpc) is 2.34. The van der Waals surface area contributed by atoms with Crippen molar-refractivity contribution in [2.75, 3.05) is 6.54 Å². The van der Waals surface area contributed by atoms with Gasteiger partial charge in [0, 0.05) is 25.5 Å². The molecule has 1 aliphatic heterocycles. The number of hydrogen-bond acceptors (Lipinski definition) is 3. The Morgan fingerprint density at radius 1 is 1.64 bits per heavy atom. The molecule has 5 nitrogen and oxygen atoms in total. The lowest BCUT2D eigenvalue weighted by molar-refractivity contribution is 0.515. The minimum absolute atomic E-state index is 0.115. The van der Waals surface area contributed by atoms with Gasteiger partial charge in [0.1, 0.15) is 0 Å². The Balaban J connectivity index is 2.66. The monoisotopic (exact) mass is 173 g/mol. The maximum Gasteiger partial charge on any atom is 0.274 e. The minimum atomic E-state index is -3.30. The molecule has 1 aliphatic rings. The highest BCUT2D eigenvalue weighted by Crippen LogP contribution is 2.08. The summed E-state index contributed by atoms with van der Waals surface area (Å²) in [4.78, 5) is 3.72. The summed E-state index contributed by atoms with van der Waals surface area (Å²) < 4.78 is 26.3. The lowest BCUT2D eigenvalue weighted by atomic mass is 10.6. The van der Waals surface area contributed by atoms with E-state index in [1.807, 2.05) is 0 Å². The van der Waals surface area contributed by atoms with Crippen molar-refractivity contribution in [3.63, 3.8) is 0 Å². The summed E-state index contributed by atoms with van der Waals surface area (Å²) in [7, 11) is -3.30. The largest absolute Gasteiger partial charge is 0.319 e. The zero-order chi connectivity index (χ0) is 7.90. The molecule has 1 N–H and O–H groups in total. The molecule has 0 fully saturated rings. The lowest BCUT2D eigenvalue weighted by Crippen LogP contribution is -2.35. The molecule has 0 radical (unpaired) electrons. The number of nitrogens with zero attached hydrogens (tertiary/aromatic N) is 2.